The lowest BCUT2D eigenvalue weighted by atomic mass is 10.0. The van der Waals surface area contributed by atoms with Crippen molar-refractivity contribution < 1.29 is 20.1 Å². The minimum absolute atomic E-state index is 0.0840. The Labute approximate surface area is 118 Å². The predicted molar refractivity (Wildman–Crippen MR) is 68.1 cm³/mol. The van der Waals surface area contributed by atoms with Gasteiger partial charge in [0.1, 0.15) is 18.4 Å². The molecule has 0 amide bonds. The van der Waals surface area contributed by atoms with E-state index >= 15 is 0 Å². The third-order valence-electron chi connectivity index (χ3n) is 3.58. The van der Waals surface area contributed by atoms with Crippen molar-refractivity contribution in [2.45, 2.75) is 24.1 Å². The van der Waals surface area contributed by atoms with Gasteiger partial charge < -0.3 is 30.8 Å². The highest BCUT2D eigenvalue weighted by Crippen LogP contribution is 2.40. The number of ether oxygens (including phenoxy) is 1. The van der Waals surface area contributed by atoms with Crippen molar-refractivity contribution in [2.75, 3.05) is 13.2 Å². The van der Waals surface area contributed by atoms with Crippen LogP contribution in [0.15, 0.2) is 11.3 Å². The monoisotopic (exact) mass is 303 g/mol. The number of rotatable bonds is 2. The first kappa shape index (κ1) is 13.7. The number of H-pyrrole nitrogens is 1. The molecule has 2 aliphatic heterocycles. The number of aliphatic hydroxyl groups excluding tert-OH is 3. The number of nitrogens with zero attached hydrogens (tertiary/aromatic N) is 3. The van der Waals surface area contributed by atoms with Crippen molar-refractivity contribution in [3.8, 4) is 0 Å². The van der Waals surface area contributed by atoms with Crippen molar-refractivity contribution in [1.82, 2.24) is 14.9 Å². The van der Waals surface area contributed by atoms with Crippen LogP contribution in [0.3, 0.4) is 0 Å². The summed E-state index contributed by atoms with van der Waals surface area (Å²) >= 11 is 6.08. The number of hydrogen-bond donors (Lipinski definition) is 5. The fraction of sp³-hybridized carbons (Fsp3) is 0.600. The van der Waals surface area contributed by atoms with E-state index in [0.29, 0.717) is 11.5 Å². The Hall–Kier alpha value is -1.23. The van der Waals surface area contributed by atoms with E-state index in [-0.39, 0.29) is 11.9 Å². The van der Waals surface area contributed by atoms with Crippen LogP contribution >= 0.6 is 11.6 Å². The van der Waals surface area contributed by atoms with Crippen LogP contribution < -0.4 is 5.73 Å². The largest absolute Gasteiger partial charge is 0.391 e. The van der Waals surface area contributed by atoms with Crippen LogP contribution in [-0.4, -0.2) is 66.6 Å². The summed E-state index contributed by atoms with van der Waals surface area (Å²) in [6.07, 6.45) is -1.98. The molecule has 1 saturated heterocycles. The zero-order chi connectivity index (χ0) is 14.5. The average Bonchev–Trinajstić information content (AvgIpc) is 2.99. The van der Waals surface area contributed by atoms with E-state index in [0.717, 1.165) is 0 Å². The topological polar surface area (TPSA) is 140 Å². The summed E-state index contributed by atoms with van der Waals surface area (Å²) in [7, 11) is 0. The molecule has 1 unspecified atom stereocenters. The van der Waals surface area contributed by atoms with Gasteiger partial charge in [0.15, 0.2) is 11.5 Å². The Balaban J connectivity index is 2.05. The summed E-state index contributed by atoms with van der Waals surface area (Å²) in [6, 6.07) is 0. The van der Waals surface area contributed by atoms with E-state index < -0.39 is 30.7 Å². The summed E-state index contributed by atoms with van der Waals surface area (Å²) < 4.78 is 5.38. The molecule has 0 radical (unpaired) electrons. The molecular formula is C10H14ClN5O4. The van der Waals surface area contributed by atoms with Gasteiger partial charge in [-0.3, -0.25) is 4.90 Å². The van der Waals surface area contributed by atoms with Gasteiger partial charge in [-0.2, -0.15) is 4.99 Å². The van der Waals surface area contributed by atoms with Gasteiger partial charge in [0.2, 0.25) is 5.29 Å². The minimum atomic E-state index is -1.65. The number of aliphatic imine (C=N–C) groups is 1. The number of amidine groups is 1. The van der Waals surface area contributed by atoms with Crippen LogP contribution in [-0.2, 0) is 4.74 Å². The molecule has 10 heteroatoms. The van der Waals surface area contributed by atoms with Crippen molar-refractivity contribution in [2.24, 2.45) is 10.7 Å². The summed E-state index contributed by atoms with van der Waals surface area (Å²) in [5, 5.41) is 29.4. The quantitative estimate of drug-likeness (QED) is 0.412. The number of aromatic amines is 1. The molecule has 0 aromatic carbocycles. The van der Waals surface area contributed by atoms with E-state index in [1.165, 1.54) is 11.2 Å². The number of hydrogen-bond acceptors (Lipinski definition) is 8. The van der Waals surface area contributed by atoms with E-state index in [4.69, 9.17) is 22.1 Å². The molecule has 3 heterocycles. The van der Waals surface area contributed by atoms with E-state index in [1.54, 1.807) is 0 Å². The Morgan fingerprint density at radius 1 is 1.60 bits per heavy atom. The second-order valence-electron chi connectivity index (χ2n) is 4.66. The highest BCUT2D eigenvalue weighted by atomic mass is 35.5. The Bertz CT molecular complexity index is 552. The number of nitrogens with two attached hydrogens (primary N) is 1. The number of halogens is 1. The van der Waals surface area contributed by atoms with Crippen molar-refractivity contribution >= 4 is 22.7 Å². The van der Waals surface area contributed by atoms with Gasteiger partial charge in [-0.05, 0) is 11.6 Å². The molecule has 0 spiro atoms. The van der Waals surface area contributed by atoms with Crippen LogP contribution in [0.4, 0.5) is 5.82 Å². The van der Waals surface area contributed by atoms with E-state index in [9.17, 15) is 15.3 Å². The van der Waals surface area contributed by atoms with Crippen molar-refractivity contribution in [1.29, 1.82) is 0 Å². The minimum Gasteiger partial charge on any atom is -0.391 e. The normalized spacial score (nSPS) is 37.0. The van der Waals surface area contributed by atoms with Crippen LogP contribution in [0.1, 0.15) is 11.9 Å². The predicted octanol–water partition coefficient (Wildman–Crippen LogP) is -1.65. The van der Waals surface area contributed by atoms with Crippen LogP contribution in [0.25, 0.3) is 0 Å². The highest BCUT2D eigenvalue weighted by Gasteiger charge is 2.56. The molecular weight excluding hydrogens is 290 g/mol. The first-order chi connectivity index (χ1) is 9.51. The van der Waals surface area contributed by atoms with E-state index in [2.05, 4.69) is 15.0 Å². The van der Waals surface area contributed by atoms with Crippen LogP contribution in [0.5, 0.6) is 0 Å². The fourth-order valence-corrected chi connectivity index (χ4v) is 2.84. The maximum Gasteiger partial charge on any atom is 0.204 e. The molecule has 0 saturated carbocycles. The third kappa shape index (κ3) is 1.68. The smallest absolute Gasteiger partial charge is 0.204 e. The Morgan fingerprint density at radius 2 is 2.35 bits per heavy atom. The summed E-state index contributed by atoms with van der Waals surface area (Å²) in [5.74, 6) is 0.333. The first-order valence-corrected chi connectivity index (χ1v) is 6.32. The Kier molecular flexibility index (Phi) is 3.20. The molecule has 0 aliphatic carbocycles. The maximum atomic E-state index is 10.1. The average molecular weight is 304 g/mol. The second-order valence-corrected chi connectivity index (χ2v) is 5.00. The van der Waals surface area contributed by atoms with Crippen molar-refractivity contribution in [3.05, 3.63) is 12.0 Å². The highest BCUT2D eigenvalue weighted by molar-refractivity contribution is 6.65. The summed E-state index contributed by atoms with van der Waals surface area (Å²) in [6.45, 7) is -0.765. The van der Waals surface area contributed by atoms with Gasteiger partial charge in [0, 0.05) is 0 Å². The third-order valence-corrected chi connectivity index (χ3v) is 3.85. The molecule has 20 heavy (non-hydrogen) atoms. The van der Waals surface area contributed by atoms with Gasteiger partial charge in [0.25, 0.3) is 0 Å². The molecule has 6 N–H and O–H groups in total. The summed E-state index contributed by atoms with van der Waals surface area (Å²) in [5.41, 5.74) is 4.90. The molecule has 1 aromatic heterocycles. The molecule has 0 bridgehead atoms. The molecule has 110 valence electrons. The number of aromatic nitrogens is 2. The van der Waals surface area contributed by atoms with Gasteiger partial charge in [-0.15, -0.1) is 0 Å². The molecule has 1 aromatic rings. The lowest BCUT2D eigenvalue weighted by Gasteiger charge is -2.45. The number of imidazole rings is 1. The molecule has 9 nitrogen and oxygen atoms in total. The Morgan fingerprint density at radius 3 is 2.95 bits per heavy atom. The van der Waals surface area contributed by atoms with Gasteiger partial charge >= 0.3 is 0 Å². The van der Waals surface area contributed by atoms with Gasteiger partial charge in [0.05, 0.1) is 25.2 Å². The zero-order valence-electron chi connectivity index (χ0n) is 10.3. The lowest BCUT2D eigenvalue weighted by Crippen LogP contribution is -2.63. The lowest BCUT2D eigenvalue weighted by molar-refractivity contribution is -0.178. The van der Waals surface area contributed by atoms with Crippen LogP contribution in [0, 0.1) is 0 Å². The number of aliphatic hydroxyl groups is 3. The number of fused-ring (bicyclic) bond motifs is 1. The van der Waals surface area contributed by atoms with E-state index in [1.807, 2.05) is 0 Å². The molecule has 2 aliphatic rings. The zero-order valence-corrected chi connectivity index (χ0v) is 11.0. The standard InChI is InChI=1S/C10H14ClN5O4/c11-9-15-8-5(13-3-14-8)7(12)16(9)10(2-17)6(19)4(18)1-20-10/h3-4,6-7,17-19H,1-2,12H2,(H,13,14)/t4-,6+,7?,10-/m0/s1. The molecule has 3 rings (SSSR count). The molecule has 1 fully saturated rings. The molecule has 4 atom stereocenters. The second kappa shape index (κ2) is 4.65. The van der Waals surface area contributed by atoms with Gasteiger partial charge in [-0.25, -0.2) is 4.98 Å². The van der Waals surface area contributed by atoms with Gasteiger partial charge in [-0.1, -0.05) is 0 Å². The fourth-order valence-electron chi connectivity index (χ4n) is 2.51. The first-order valence-electron chi connectivity index (χ1n) is 5.94. The number of nitrogens with one attached hydrogen (secondary N) is 1. The van der Waals surface area contributed by atoms with Crippen molar-refractivity contribution in [3.63, 3.8) is 0 Å². The SMILES string of the molecule is NC1c2[nH]cnc2N=C(Cl)N1[C@@]1(CO)OC[C@H](O)[C@H]1O. The summed E-state index contributed by atoms with van der Waals surface area (Å²) in [4.78, 5) is 12.0. The maximum absolute atomic E-state index is 10.1. The van der Waals surface area contributed by atoms with Crippen LogP contribution in [0.2, 0.25) is 0 Å².